The minimum atomic E-state index is -1.12. The van der Waals surface area contributed by atoms with Gasteiger partial charge in [-0.15, -0.1) is 0 Å². The first-order valence-corrected chi connectivity index (χ1v) is 5.31. The van der Waals surface area contributed by atoms with Crippen LogP contribution in [0.2, 0.25) is 0 Å². The number of ether oxygens (including phenoxy) is 2. The largest absolute Gasteiger partial charge is 0.465 e. The zero-order chi connectivity index (χ0) is 12.2. The van der Waals surface area contributed by atoms with Crippen LogP contribution < -0.4 is 5.48 Å². The lowest BCUT2D eigenvalue weighted by atomic mass is 9.99. The fraction of sp³-hybridized carbons (Fsp3) is 0.800. The molecule has 0 saturated carbocycles. The van der Waals surface area contributed by atoms with Crippen LogP contribution in [0.3, 0.4) is 0 Å². The molecule has 6 heteroatoms. The average Bonchev–Trinajstić information content (AvgIpc) is 2.63. The molecule has 2 atom stereocenters. The van der Waals surface area contributed by atoms with Gasteiger partial charge in [0.1, 0.15) is 6.04 Å². The van der Waals surface area contributed by atoms with Crippen molar-refractivity contribution in [2.24, 2.45) is 0 Å². The highest BCUT2D eigenvalue weighted by Crippen LogP contribution is 2.25. The monoisotopic (exact) mass is 231 g/mol. The topological polar surface area (TPSA) is 73.9 Å². The van der Waals surface area contributed by atoms with Gasteiger partial charge in [-0.3, -0.25) is 9.63 Å². The van der Waals surface area contributed by atoms with Crippen LogP contribution in [-0.2, 0) is 23.9 Å². The van der Waals surface area contributed by atoms with E-state index in [4.69, 9.17) is 14.3 Å². The number of esters is 2. The number of carbonyl (C=O) groups is 2. The zero-order valence-electron chi connectivity index (χ0n) is 9.74. The summed E-state index contributed by atoms with van der Waals surface area (Å²) < 4.78 is 9.69. The summed E-state index contributed by atoms with van der Waals surface area (Å²) in [5, 5.41) is 0. The summed E-state index contributed by atoms with van der Waals surface area (Å²) in [6, 6.07) is -0.616. The standard InChI is InChI=1S/C10H17NO5/c1-4-14-8(12)7-6-10(3,16-11-7)9(13)15-5-2/h7,11H,4-6H2,1-3H3. The molecule has 1 fully saturated rings. The quantitative estimate of drug-likeness (QED) is 0.695. The maximum absolute atomic E-state index is 11.6. The molecule has 6 nitrogen and oxygen atoms in total. The Kier molecular flexibility index (Phi) is 4.26. The van der Waals surface area contributed by atoms with Crippen LogP contribution in [0.25, 0.3) is 0 Å². The number of nitrogens with one attached hydrogen (secondary N) is 1. The van der Waals surface area contributed by atoms with Gasteiger partial charge < -0.3 is 9.47 Å². The van der Waals surface area contributed by atoms with Gasteiger partial charge in [0.25, 0.3) is 0 Å². The minimum absolute atomic E-state index is 0.213. The van der Waals surface area contributed by atoms with Crippen molar-refractivity contribution >= 4 is 11.9 Å². The van der Waals surface area contributed by atoms with Crippen molar-refractivity contribution in [3.8, 4) is 0 Å². The lowest BCUT2D eigenvalue weighted by molar-refractivity contribution is -0.170. The lowest BCUT2D eigenvalue weighted by Gasteiger charge is -2.18. The van der Waals surface area contributed by atoms with Gasteiger partial charge in [0.15, 0.2) is 5.60 Å². The highest BCUT2D eigenvalue weighted by molar-refractivity contribution is 5.83. The van der Waals surface area contributed by atoms with Crippen molar-refractivity contribution < 1.29 is 23.9 Å². The van der Waals surface area contributed by atoms with Gasteiger partial charge in [0, 0.05) is 6.42 Å². The molecule has 2 unspecified atom stereocenters. The first-order valence-electron chi connectivity index (χ1n) is 5.31. The first-order chi connectivity index (χ1) is 7.53. The number of rotatable bonds is 4. The molecule has 0 bridgehead atoms. The van der Waals surface area contributed by atoms with Gasteiger partial charge in [0.2, 0.25) is 0 Å². The molecular formula is C10H17NO5. The zero-order valence-corrected chi connectivity index (χ0v) is 9.74. The Balaban J connectivity index is 2.56. The van der Waals surface area contributed by atoms with E-state index < -0.39 is 23.6 Å². The Morgan fingerprint density at radius 1 is 1.38 bits per heavy atom. The van der Waals surface area contributed by atoms with E-state index in [0.717, 1.165) is 0 Å². The fourth-order valence-electron chi connectivity index (χ4n) is 1.46. The number of hydrogen-bond donors (Lipinski definition) is 1. The van der Waals surface area contributed by atoms with Crippen LogP contribution in [0.1, 0.15) is 27.2 Å². The molecular weight excluding hydrogens is 214 g/mol. The normalized spacial score (nSPS) is 28.8. The average molecular weight is 231 g/mol. The molecule has 1 heterocycles. The Bertz CT molecular complexity index is 280. The molecule has 0 aromatic heterocycles. The predicted octanol–water partition coefficient (Wildman–Crippen LogP) is 0.165. The molecule has 92 valence electrons. The fourth-order valence-corrected chi connectivity index (χ4v) is 1.46. The van der Waals surface area contributed by atoms with E-state index in [2.05, 4.69) is 5.48 Å². The van der Waals surface area contributed by atoms with E-state index in [1.807, 2.05) is 0 Å². The summed E-state index contributed by atoms with van der Waals surface area (Å²) in [5.41, 5.74) is 1.38. The van der Waals surface area contributed by atoms with E-state index in [1.165, 1.54) is 0 Å². The second kappa shape index (κ2) is 5.27. The van der Waals surface area contributed by atoms with Gasteiger partial charge in [-0.25, -0.2) is 4.79 Å². The summed E-state index contributed by atoms with van der Waals surface area (Å²) in [7, 11) is 0. The Labute approximate surface area is 94.2 Å². The van der Waals surface area contributed by atoms with Crippen LogP contribution in [0.5, 0.6) is 0 Å². The lowest BCUT2D eigenvalue weighted by Crippen LogP contribution is -2.37. The van der Waals surface area contributed by atoms with Gasteiger partial charge in [-0.05, 0) is 20.8 Å². The summed E-state index contributed by atoms with van der Waals surface area (Å²) in [6.45, 7) is 5.59. The molecule has 16 heavy (non-hydrogen) atoms. The molecule has 1 aliphatic rings. The van der Waals surface area contributed by atoms with E-state index >= 15 is 0 Å². The third kappa shape index (κ3) is 2.70. The van der Waals surface area contributed by atoms with Crippen LogP contribution in [-0.4, -0.2) is 36.8 Å². The van der Waals surface area contributed by atoms with E-state index in [-0.39, 0.29) is 13.0 Å². The SMILES string of the molecule is CCOC(=O)C1CC(C)(C(=O)OCC)ON1. The Morgan fingerprint density at radius 2 is 2.00 bits per heavy atom. The van der Waals surface area contributed by atoms with Gasteiger partial charge >= 0.3 is 11.9 Å². The van der Waals surface area contributed by atoms with Gasteiger partial charge in [0.05, 0.1) is 13.2 Å². The summed E-state index contributed by atoms with van der Waals surface area (Å²) in [6.07, 6.45) is 0.213. The van der Waals surface area contributed by atoms with E-state index in [9.17, 15) is 9.59 Å². The maximum atomic E-state index is 11.6. The van der Waals surface area contributed by atoms with Crippen LogP contribution in [0.15, 0.2) is 0 Å². The van der Waals surface area contributed by atoms with Crippen LogP contribution >= 0.6 is 0 Å². The van der Waals surface area contributed by atoms with Crippen LogP contribution in [0, 0.1) is 0 Å². The number of hydrogen-bond acceptors (Lipinski definition) is 6. The maximum Gasteiger partial charge on any atom is 0.340 e. The molecule has 0 aromatic carbocycles. The molecule has 0 aliphatic carbocycles. The van der Waals surface area contributed by atoms with Gasteiger partial charge in [-0.1, -0.05) is 0 Å². The smallest absolute Gasteiger partial charge is 0.340 e. The molecule has 0 aromatic rings. The minimum Gasteiger partial charge on any atom is -0.465 e. The molecule has 1 rings (SSSR count). The highest BCUT2D eigenvalue weighted by Gasteiger charge is 2.47. The van der Waals surface area contributed by atoms with Crippen molar-refractivity contribution in [2.75, 3.05) is 13.2 Å². The summed E-state index contributed by atoms with van der Waals surface area (Å²) in [5.74, 6) is -0.898. The number of carbonyl (C=O) groups excluding carboxylic acids is 2. The van der Waals surface area contributed by atoms with Crippen molar-refractivity contribution in [3.05, 3.63) is 0 Å². The highest BCUT2D eigenvalue weighted by atomic mass is 16.7. The molecule has 0 radical (unpaired) electrons. The Morgan fingerprint density at radius 3 is 2.56 bits per heavy atom. The molecule has 1 saturated heterocycles. The number of hydroxylamine groups is 1. The van der Waals surface area contributed by atoms with Crippen molar-refractivity contribution in [1.82, 2.24) is 5.48 Å². The Hall–Kier alpha value is -1.14. The second-order valence-corrected chi connectivity index (χ2v) is 3.68. The van der Waals surface area contributed by atoms with Crippen molar-refractivity contribution in [2.45, 2.75) is 38.8 Å². The molecule has 1 aliphatic heterocycles. The summed E-state index contributed by atoms with van der Waals surface area (Å²) >= 11 is 0. The van der Waals surface area contributed by atoms with Gasteiger partial charge in [-0.2, -0.15) is 5.48 Å². The third-order valence-corrected chi connectivity index (χ3v) is 2.30. The third-order valence-electron chi connectivity index (χ3n) is 2.30. The van der Waals surface area contributed by atoms with Crippen LogP contribution in [0.4, 0.5) is 0 Å². The van der Waals surface area contributed by atoms with E-state index in [1.54, 1.807) is 20.8 Å². The first kappa shape index (κ1) is 12.9. The predicted molar refractivity (Wildman–Crippen MR) is 54.3 cm³/mol. The van der Waals surface area contributed by atoms with E-state index in [0.29, 0.717) is 6.61 Å². The summed E-state index contributed by atoms with van der Waals surface area (Å²) in [4.78, 5) is 28.1. The molecule has 1 N–H and O–H groups in total. The second-order valence-electron chi connectivity index (χ2n) is 3.68. The molecule has 0 amide bonds. The van der Waals surface area contributed by atoms with Crippen molar-refractivity contribution in [1.29, 1.82) is 0 Å². The van der Waals surface area contributed by atoms with Crippen molar-refractivity contribution in [3.63, 3.8) is 0 Å². The molecule has 0 spiro atoms.